The molecular formula is C13H19ClN2OS. The molecule has 3 N–H and O–H groups in total. The lowest BCUT2D eigenvalue weighted by atomic mass is 9.70. The van der Waals surface area contributed by atoms with Gasteiger partial charge in [-0.2, -0.15) is 0 Å². The minimum Gasteiger partial charge on any atom is -0.375 e. The van der Waals surface area contributed by atoms with Crippen LogP contribution in [-0.4, -0.2) is 12.2 Å². The molecular weight excluding hydrogens is 268 g/mol. The standard InChI is InChI=1S/C13H19ClN2OS/c14-11-3-2-10(18-11)12(16-15)9-4-7-17-13(8-9)5-1-6-13/h2-3,9,12,16H,1,4-8,15H2. The molecule has 2 heterocycles. The quantitative estimate of drug-likeness (QED) is 0.662. The lowest BCUT2D eigenvalue weighted by Gasteiger charge is -2.48. The predicted octanol–water partition coefficient (Wildman–Crippen LogP) is 3.26. The van der Waals surface area contributed by atoms with E-state index in [1.165, 1.54) is 24.1 Å². The third-order valence-corrected chi connectivity index (χ3v) is 5.66. The molecule has 2 unspecified atom stereocenters. The van der Waals surface area contributed by atoms with Crippen molar-refractivity contribution in [3.05, 3.63) is 21.3 Å². The van der Waals surface area contributed by atoms with Crippen LogP contribution in [0.3, 0.4) is 0 Å². The summed E-state index contributed by atoms with van der Waals surface area (Å²) in [5.74, 6) is 6.32. The van der Waals surface area contributed by atoms with Gasteiger partial charge < -0.3 is 4.74 Å². The van der Waals surface area contributed by atoms with E-state index in [1.54, 1.807) is 11.3 Å². The number of nitrogens with one attached hydrogen (secondary N) is 1. The van der Waals surface area contributed by atoms with Gasteiger partial charge in [-0.15, -0.1) is 11.3 Å². The highest BCUT2D eigenvalue weighted by atomic mass is 35.5. The summed E-state index contributed by atoms with van der Waals surface area (Å²) in [4.78, 5) is 1.24. The average molecular weight is 287 g/mol. The molecule has 0 aromatic carbocycles. The highest BCUT2D eigenvalue weighted by molar-refractivity contribution is 7.16. The van der Waals surface area contributed by atoms with Gasteiger partial charge in [0.1, 0.15) is 0 Å². The second kappa shape index (κ2) is 5.10. The van der Waals surface area contributed by atoms with Gasteiger partial charge in [0, 0.05) is 11.5 Å². The van der Waals surface area contributed by atoms with E-state index in [1.807, 2.05) is 6.07 Å². The Balaban J connectivity index is 1.75. The lowest BCUT2D eigenvalue weighted by molar-refractivity contribution is -0.147. The van der Waals surface area contributed by atoms with Crippen molar-refractivity contribution in [2.75, 3.05) is 6.61 Å². The number of thiophene rings is 1. The average Bonchev–Trinajstić information content (AvgIpc) is 2.75. The first-order valence-electron chi connectivity index (χ1n) is 6.58. The van der Waals surface area contributed by atoms with Crippen LogP contribution in [0.25, 0.3) is 0 Å². The Morgan fingerprint density at radius 3 is 2.89 bits per heavy atom. The molecule has 18 heavy (non-hydrogen) atoms. The van der Waals surface area contributed by atoms with Crippen LogP contribution in [0.4, 0.5) is 0 Å². The van der Waals surface area contributed by atoms with Gasteiger partial charge in [-0.1, -0.05) is 11.6 Å². The van der Waals surface area contributed by atoms with Crippen LogP contribution in [0.15, 0.2) is 12.1 Å². The monoisotopic (exact) mass is 286 g/mol. The zero-order chi connectivity index (χ0) is 12.6. The summed E-state index contributed by atoms with van der Waals surface area (Å²) < 4.78 is 6.81. The Hall–Kier alpha value is -0.130. The first-order chi connectivity index (χ1) is 8.72. The van der Waals surface area contributed by atoms with E-state index in [2.05, 4.69) is 11.5 Å². The summed E-state index contributed by atoms with van der Waals surface area (Å²) in [6.07, 6.45) is 5.93. The van der Waals surface area contributed by atoms with E-state index in [0.29, 0.717) is 5.92 Å². The number of ether oxygens (including phenoxy) is 1. The van der Waals surface area contributed by atoms with Gasteiger partial charge in [-0.25, -0.2) is 0 Å². The van der Waals surface area contributed by atoms with Gasteiger partial charge in [0.15, 0.2) is 0 Å². The molecule has 0 bridgehead atoms. The molecule has 1 aromatic heterocycles. The van der Waals surface area contributed by atoms with Crippen molar-refractivity contribution in [3.8, 4) is 0 Å². The number of nitrogens with two attached hydrogens (primary N) is 1. The summed E-state index contributed by atoms with van der Waals surface area (Å²) in [6, 6.07) is 4.24. The molecule has 3 rings (SSSR count). The van der Waals surface area contributed by atoms with Crippen molar-refractivity contribution < 1.29 is 4.74 Å². The molecule has 1 aliphatic carbocycles. The highest BCUT2D eigenvalue weighted by Crippen LogP contribution is 2.47. The largest absolute Gasteiger partial charge is 0.375 e. The van der Waals surface area contributed by atoms with E-state index in [-0.39, 0.29) is 11.6 Å². The molecule has 1 saturated heterocycles. The minimum absolute atomic E-state index is 0.166. The van der Waals surface area contributed by atoms with Gasteiger partial charge in [0.05, 0.1) is 16.0 Å². The number of rotatable bonds is 3. The number of hydrogen-bond acceptors (Lipinski definition) is 4. The van der Waals surface area contributed by atoms with Crippen molar-refractivity contribution in [2.24, 2.45) is 11.8 Å². The minimum atomic E-state index is 0.166. The van der Waals surface area contributed by atoms with Gasteiger partial charge in [0.2, 0.25) is 0 Å². The Bertz CT molecular complexity index is 419. The normalized spacial score (nSPS) is 28.0. The molecule has 2 atom stereocenters. The van der Waals surface area contributed by atoms with E-state index in [9.17, 15) is 0 Å². The second-order valence-corrected chi connectivity index (χ2v) is 7.17. The van der Waals surface area contributed by atoms with Crippen LogP contribution in [0.1, 0.15) is 43.0 Å². The molecule has 1 spiro atoms. The fraction of sp³-hybridized carbons (Fsp3) is 0.692. The number of halogens is 1. The fourth-order valence-electron chi connectivity index (χ4n) is 3.22. The van der Waals surface area contributed by atoms with Crippen LogP contribution < -0.4 is 11.3 Å². The molecule has 0 amide bonds. The summed E-state index contributed by atoms with van der Waals surface area (Å²) in [7, 11) is 0. The molecule has 2 aliphatic rings. The van der Waals surface area contributed by atoms with Gasteiger partial charge in [-0.05, 0) is 50.2 Å². The van der Waals surface area contributed by atoms with Crippen molar-refractivity contribution in [1.29, 1.82) is 0 Å². The van der Waals surface area contributed by atoms with Crippen LogP contribution >= 0.6 is 22.9 Å². The topological polar surface area (TPSA) is 47.3 Å². The van der Waals surface area contributed by atoms with Gasteiger partial charge in [-0.3, -0.25) is 11.3 Å². The Morgan fingerprint density at radius 1 is 1.50 bits per heavy atom. The molecule has 1 aliphatic heterocycles. The lowest BCUT2D eigenvalue weighted by Crippen LogP contribution is -2.48. The van der Waals surface area contributed by atoms with E-state index < -0.39 is 0 Å². The summed E-state index contributed by atoms with van der Waals surface area (Å²) in [5, 5.41) is 0. The molecule has 3 nitrogen and oxygen atoms in total. The van der Waals surface area contributed by atoms with Crippen LogP contribution in [-0.2, 0) is 4.74 Å². The molecule has 1 saturated carbocycles. The number of hydrogen-bond donors (Lipinski definition) is 2. The molecule has 2 fully saturated rings. The van der Waals surface area contributed by atoms with E-state index >= 15 is 0 Å². The number of hydrazine groups is 1. The zero-order valence-electron chi connectivity index (χ0n) is 10.3. The smallest absolute Gasteiger partial charge is 0.0931 e. The molecule has 100 valence electrons. The van der Waals surface area contributed by atoms with Crippen LogP contribution in [0, 0.1) is 5.92 Å². The van der Waals surface area contributed by atoms with Crippen LogP contribution in [0.5, 0.6) is 0 Å². The first kappa shape index (κ1) is 12.9. The Labute approximate surface area is 117 Å². The zero-order valence-corrected chi connectivity index (χ0v) is 11.9. The Morgan fingerprint density at radius 2 is 2.33 bits per heavy atom. The summed E-state index contributed by atoms with van der Waals surface area (Å²) in [5.41, 5.74) is 3.15. The fourth-order valence-corrected chi connectivity index (χ4v) is 4.43. The highest BCUT2D eigenvalue weighted by Gasteiger charge is 2.44. The molecule has 0 radical (unpaired) electrons. The third kappa shape index (κ3) is 2.32. The molecule has 5 heteroatoms. The third-order valence-electron chi connectivity index (χ3n) is 4.35. The van der Waals surface area contributed by atoms with Crippen molar-refractivity contribution >= 4 is 22.9 Å². The summed E-state index contributed by atoms with van der Waals surface area (Å²) in [6.45, 7) is 0.863. The van der Waals surface area contributed by atoms with Gasteiger partial charge >= 0.3 is 0 Å². The Kier molecular flexibility index (Phi) is 3.65. The van der Waals surface area contributed by atoms with Crippen molar-refractivity contribution in [1.82, 2.24) is 5.43 Å². The van der Waals surface area contributed by atoms with Crippen LogP contribution in [0.2, 0.25) is 4.34 Å². The predicted molar refractivity (Wildman–Crippen MR) is 74.7 cm³/mol. The van der Waals surface area contributed by atoms with Gasteiger partial charge in [0.25, 0.3) is 0 Å². The maximum absolute atomic E-state index is 6.02. The van der Waals surface area contributed by atoms with E-state index in [0.717, 1.165) is 23.8 Å². The maximum Gasteiger partial charge on any atom is 0.0931 e. The SMILES string of the molecule is NNC(c1ccc(Cl)s1)C1CCOC2(CCC2)C1. The van der Waals surface area contributed by atoms with E-state index in [4.69, 9.17) is 22.2 Å². The summed E-state index contributed by atoms with van der Waals surface area (Å²) >= 11 is 7.64. The second-order valence-electron chi connectivity index (χ2n) is 5.42. The maximum atomic E-state index is 6.02. The first-order valence-corrected chi connectivity index (χ1v) is 7.77. The van der Waals surface area contributed by atoms with Crippen molar-refractivity contribution in [3.63, 3.8) is 0 Å². The van der Waals surface area contributed by atoms with Crippen molar-refractivity contribution in [2.45, 2.75) is 43.7 Å². The molecule has 1 aromatic rings.